The summed E-state index contributed by atoms with van der Waals surface area (Å²) < 4.78 is 11.8. The van der Waals surface area contributed by atoms with E-state index in [1.807, 2.05) is 6.08 Å². The lowest BCUT2D eigenvalue weighted by Crippen LogP contribution is -2.38. The van der Waals surface area contributed by atoms with E-state index in [1.165, 1.54) is 24.8 Å². The van der Waals surface area contributed by atoms with Gasteiger partial charge in [-0.05, 0) is 80.1 Å². The van der Waals surface area contributed by atoms with E-state index in [4.69, 9.17) is 9.47 Å². The summed E-state index contributed by atoms with van der Waals surface area (Å²) >= 11 is 0. The SMILES string of the molecule is C=C[C@@]1(C)C[C@H]2OC(=O)C(CC[C@@H]3C(=O)O[C@@H]4C[C@@]5(C)CCC[C@H](C)C5=C[C@H]34)=C2C[C@@H]1C(=C)C. The molecular formula is C30H40O4. The van der Waals surface area contributed by atoms with Crippen LogP contribution in [0.5, 0.6) is 0 Å². The molecule has 0 amide bonds. The van der Waals surface area contributed by atoms with Crippen molar-refractivity contribution in [1.82, 2.24) is 0 Å². The molecule has 4 heteroatoms. The minimum Gasteiger partial charge on any atom is -0.461 e. The molecule has 3 aliphatic carbocycles. The molecule has 5 rings (SSSR count). The van der Waals surface area contributed by atoms with Crippen LogP contribution in [-0.2, 0) is 19.1 Å². The fourth-order valence-electron chi connectivity index (χ4n) is 7.91. The molecule has 0 aromatic carbocycles. The van der Waals surface area contributed by atoms with Crippen LogP contribution in [0.25, 0.3) is 0 Å². The molecule has 1 saturated heterocycles. The van der Waals surface area contributed by atoms with Gasteiger partial charge in [-0.2, -0.15) is 0 Å². The summed E-state index contributed by atoms with van der Waals surface area (Å²) in [7, 11) is 0. The first-order valence-electron chi connectivity index (χ1n) is 13.2. The molecule has 184 valence electrons. The van der Waals surface area contributed by atoms with Crippen molar-refractivity contribution < 1.29 is 19.1 Å². The summed E-state index contributed by atoms with van der Waals surface area (Å²) in [6.45, 7) is 17.2. The van der Waals surface area contributed by atoms with Gasteiger partial charge in [0.2, 0.25) is 0 Å². The average Bonchev–Trinajstić information content (AvgIpc) is 3.23. The van der Waals surface area contributed by atoms with Crippen LogP contribution in [0.1, 0.15) is 79.1 Å². The molecule has 3 fully saturated rings. The molecule has 34 heavy (non-hydrogen) atoms. The number of hydrogen-bond acceptors (Lipinski definition) is 4. The molecule has 0 aromatic heterocycles. The Bertz CT molecular complexity index is 1000. The van der Waals surface area contributed by atoms with Gasteiger partial charge >= 0.3 is 11.9 Å². The van der Waals surface area contributed by atoms with E-state index < -0.39 is 0 Å². The average molecular weight is 465 g/mol. The molecule has 0 bridgehead atoms. The van der Waals surface area contributed by atoms with Crippen molar-refractivity contribution in [3.8, 4) is 0 Å². The van der Waals surface area contributed by atoms with Crippen LogP contribution in [0.2, 0.25) is 0 Å². The Hall–Kier alpha value is -2.10. The molecule has 5 aliphatic rings. The second-order valence-corrected chi connectivity index (χ2v) is 12.3. The first-order chi connectivity index (χ1) is 16.1. The topological polar surface area (TPSA) is 52.6 Å². The second kappa shape index (κ2) is 8.24. The molecule has 8 atom stereocenters. The zero-order valence-corrected chi connectivity index (χ0v) is 21.3. The van der Waals surface area contributed by atoms with Crippen molar-refractivity contribution in [2.45, 2.75) is 91.3 Å². The van der Waals surface area contributed by atoms with Gasteiger partial charge in [0.05, 0.1) is 5.92 Å². The standard InChI is InChI=1S/C30H40O4/c1-7-29(5)15-25-21(13-23(29)17(2)3)19(27(31)33-25)10-11-20-22-14-24-18(4)9-8-12-30(24,6)16-26(22)34-28(20)32/h7,14,18,20,22-23,25-26H,1-2,8-13,15-16H2,3-6H3/t18-,20-,22+,23+,25+,26+,29-,30+/m0/s1. The third-order valence-electron chi connectivity index (χ3n) is 9.97. The molecule has 2 aliphatic heterocycles. The van der Waals surface area contributed by atoms with Crippen LogP contribution in [0.4, 0.5) is 0 Å². The fourth-order valence-corrected chi connectivity index (χ4v) is 7.91. The van der Waals surface area contributed by atoms with Crippen LogP contribution in [0.3, 0.4) is 0 Å². The van der Waals surface area contributed by atoms with E-state index in [0.29, 0.717) is 18.8 Å². The molecule has 2 saturated carbocycles. The molecule has 0 aromatic rings. The molecule has 2 heterocycles. The minimum atomic E-state index is -0.202. The van der Waals surface area contributed by atoms with E-state index in [-0.39, 0.29) is 52.7 Å². The lowest BCUT2D eigenvalue weighted by Gasteiger charge is -2.46. The van der Waals surface area contributed by atoms with E-state index in [9.17, 15) is 9.59 Å². The number of rotatable bonds is 5. The predicted molar refractivity (Wildman–Crippen MR) is 133 cm³/mol. The normalized spacial score (nSPS) is 43.4. The number of allylic oxidation sites excluding steroid dienone is 3. The van der Waals surface area contributed by atoms with Crippen LogP contribution < -0.4 is 0 Å². The molecule has 0 unspecified atom stereocenters. The highest BCUT2D eigenvalue weighted by Gasteiger charge is 2.52. The van der Waals surface area contributed by atoms with Gasteiger partial charge in [0, 0.05) is 11.5 Å². The van der Waals surface area contributed by atoms with Gasteiger partial charge < -0.3 is 9.47 Å². The lowest BCUT2D eigenvalue weighted by molar-refractivity contribution is -0.146. The molecule has 0 spiro atoms. The third-order valence-corrected chi connectivity index (χ3v) is 9.97. The highest BCUT2D eigenvalue weighted by Crippen LogP contribution is 2.55. The van der Waals surface area contributed by atoms with Crippen molar-refractivity contribution in [2.75, 3.05) is 0 Å². The maximum absolute atomic E-state index is 13.0. The Balaban J connectivity index is 1.37. The van der Waals surface area contributed by atoms with Crippen molar-refractivity contribution in [1.29, 1.82) is 0 Å². The summed E-state index contributed by atoms with van der Waals surface area (Å²) in [5.74, 6) is 0.496. The Morgan fingerprint density at radius 1 is 1.24 bits per heavy atom. The summed E-state index contributed by atoms with van der Waals surface area (Å²) in [5.41, 5.74) is 4.60. The van der Waals surface area contributed by atoms with E-state index in [2.05, 4.69) is 46.9 Å². The zero-order chi connectivity index (χ0) is 24.4. The van der Waals surface area contributed by atoms with Crippen molar-refractivity contribution >= 4 is 11.9 Å². The Morgan fingerprint density at radius 2 is 2.00 bits per heavy atom. The molecular weight excluding hydrogens is 424 g/mol. The van der Waals surface area contributed by atoms with E-state index in [1.54, 1.807) is 0 Å². The van der Waals surface area contributed by atoms with Gasteiger partial charge in [-0.1, -0.05) is 57.1 Å². The van der Waals surface area contributed by atoms with Crippen LogP contribution in [-0.4, -0.2) is 24.1 Å². The van der Waals surface area contributed by atoms with Crippen molar-refractivity contribution in [2.24, 2.45) is 34.5 Å². The molecule has 0 radical (unpaired) electrons. The summed E-state index contributed by atoms with van der Waals surface area (Å²) in [6.07, 6.45) is 11.6. The lowest BCUT2D eigenvalue weighted by atomic mass is 9.59. The largest absolute Gasteiger partial charge is 0.461 e. The minimum absolute atomic E-state index is 0.0201. The van der Waals surface area contributed by atoms with Gasteiger partial charge in [0.1, 0.15) is 12.2 Å². The number of carbonyl (C=O) groups is 2. The number of fused-ring (bicyclic) bond motifs is 3. The summed E-state index contributed by atoms with van der Waals surface area (Å²) in [4.78, 5) is 25.9. The number of carbonyl (C=O) groups excluding carboxylic acids is 2. The quantitative estimate of drug-likeness (QED) is 0.345. The zero-order valence-electron chi connectivity index (χ0n) is 21.3. The molecule has 0 N–H and O–H groups in total. The highest BCUT2D eigenvalue weighted by molar-refractivity contribution is 5.92. The van der Waals surface area contributed by atoms with E-state index in [0.717, 1.165) is 36.0 Å². The van der Waals surface area contributed by atoms with Gasteiger partial charge in [0.25, 0.3) is 0 Å². The first-order valence-corrected chi connectivity index (χ1v) is 13.2. The Morgan fingerprint density at radius 3 is 2.71 bits per heavy atom. The monoisotopic (exact) mass is 464 g/mol. The van der Waals surface area contributed by atoms with Crippen molar-refractivity contribution in [3.05, 3.63) is 47.6 Å². The van der Waals surface area contributed by atoms with Gasteiger partial charge in [-0.15, -0.1) is 6.58 Å². The number of esters is 2. The molecule has 4 nitrogen and oxygen atoms in total. The smallest absolute Gasteiger partial charge is 0.334 e. The van der Waals surface area contributed by atoms with Gasteiger partial charge in [-0.3, -0.25) is 4.79 Å². The third kappa shape index (κ3) is 3.63. The second-order valence-electron chi connectivity index (χ2n) is 12.3. The first kappa shape index (κ1) is 23.6. The summed E-state index contributed by atoms with van der Waals surface area (Å²) in [6, 6.07) is 0. The summed E-state index contributed by atoms with van der Waals surface area (Å²) in [5, 5.41) is 0. The van der Waals surface area contributed by atoms with Crippen LogP contribution in [0, 0.1) is 34.5 Å². The number of hydrogen-bond donors (Lipinski definition) is 0. The number of ether oxygens (including phenoxy) is 2. The Kier molecular flexibility index (Phi) is 5.73. The van der Waals surface area contributed by atoms with Crippen LogP contribution in [0.15, 0.2) is 47.6 Å². The van der Waals surface area contributed by atoms with Gasteiger partial charge in [0.15, 0.2) is 0 Å². The Labute approximate surface area is 204 Å². The van der Waals surface area contributed by atoms with Gasteiger partial charge in [-0.25, -0.2) is 4.79 Å². The van der Waals surface area contributed by atoms with Crippen LogP contribution >= 0.6 is 0 Å². The highest BCUT2D eigenvalue weighted by atomic mass is 16.6. The fraction of sp³-hybridized carbons (Fsp3) is 0.667. The maximum Gasteiger partial charge on any atom is 0.334 e. The predicted octanol–water partition coefficient (Wildman–Crippen LogP) is 6.48. The maximum atomic E-state index is 13.0. The van der Waals surface area contributed by atoms with Crippen molar-refractivity contribution in [3.63, 3.8) is 0 Å². The van der Waals surface area contributed by atoms with E-state index >= 15 is 0 Å².